The van der Waals surface area contributed by atoms with E-state index in [0.29, 0.717) is 41.3 Å². The number of ether oxygens (including phenoxy) is 1. The molecule has 0 spiro atoms. The summed E-state index contributed by atoms with van der Waals surface area (Å²) in [5.74, 6) is -0.483. The summed E-state index contributed by atoms with van der Waals surface area (Å²) in [7, 11) is 0. The number of rotatable bonds is 7. The van der Waals surface area contributed by atoms with Gasteiger partial charge in [-0.15, -0.1) is 24.5 Å². The smallest absolute Gasteiger partial charge is 0.406 e. The highest BCUT2D eigenvalue weighted by Crippen LogP contribution is 2.27. The molecule has 0 saturated heterocycles. The average molecular weight is 478 g/mol. The van der Waals surface area contributed by atoms with Crippen LogP contribution in [-0.4, -0.2) is 29.4 Å². The Balaban J connectivity index is 1.87. The molecule has 0 saturated carbocycles. The Kier molecular flexibility index (Phi) is 7.88. The maximum atomic E-state index is 12.4. The number of carbonyl (C=O) groups is 2. The summed E-state index contributed by atoms with van der Waals surface area (Å²) in [6, 6.07) is 13.8. The first kappa shape index (κ1) is 24.1. The van der Waals surface area contributed by atoms with Crippen molar-refractivity contribution in [3.8, 4) is 17.0 Å². The first-order valence-corrected chi connectivity index (χ1v) is 10.8. The van der Waals surface area contributed by atoms with Crippen LogP contribution < -0.4 is 20.2 Å². The second-order valence-electron chi connectivity index (χ2n) is 6.87. The molecular formula is C22H21F3N4O3S. The number of nitrogens with zero attached hydrogens (tertiary/aromatic N) is 2. The van der Waals surface area contributed by atoms with Crippen LogP contribution in [0.5, 0.6) is 5.75 Å². The highest BCUT2D eigenvalue weighted by Gasteiger charge is 2.31. The number of alkyl halides is 3. The number of hydrogen-bond donors (Lipinski definition) is 2. The predicted molar refractivity (Wildman–Crippen MR) is 119 cm³/mol. The zero-order valence-electron chi connectivity index (χ0n) is 17.6. The van der Waals surface area contributed by atoms with E-state index in [-0.39, 0.29) is 11.7 Å². The fourth-order valence-electron chi connectivity index (χ4n) is 2.95. The number of amides is 3. The van der Waals surface area contributed by atoms with Crippen LogP contribution >= 0.6 is 11.3 Å². The van der Waals surface area contributed by atoms with Crippen LogP contribution in [0.1, 0.15) is 13.3 Å². The van der Waals surface area contributed by atoms with Crippen molar-refractivity contribution in [1.82, 2.24) is 9.88 Å². The van der Waals surface area contributed by atoms with Crippen molar-refractivity contribution in [1.29, 1.82) is 0 Å². The third-order valence-electron chi connectivity index (χ3n) is 4.34. The number of anilines is 1. The molecule has 1 aromatic heterocycles. The molecular weight excluding hydrogens is 457 g/mol. The molecule has 0 atom stereocenters. The molecule has 0 aliphatic carbocycles. The first-order chi connectivity index (χ1) is 15.7. The zero-order valence-corrected chi connectivity index (χ0v) is 18.4. The molecule has 11 heteroatoms. The minimum absolute atomic E-state index is 0.155. The third-order valence-corrected chi connectivity index (χ3v) is 5.20. The van der Waals surface area contributed by atoms with E-state index in [1.165, 1.54) is 42.5 Å². The summed E-state index contributed by atoms with van der Waals surface area (Å²) in [5, 5.41) is 7.16. The minimum atomic E-state index is -4.77. The molecule has 7 nitrogen and oxygen atoms in total. The quantitative estimate of drug-likeness (QED) is 0.480. The van der Waals surface area contributed by atoms with Crippen molar-refractivity contribution >= 4 is 29.0 Å². The van der Waals surface area contributed by atoms with Crippen LogP contribution in [0.25, 0.3) is 11.3 Å². The molecule has 2 aromatic carbocycles. The second kappa shape index (κ2) is 10.8. The molecule has 1 heterocycles. The van der Waals surface area contributed by atoms with E-state index < -0.39 is 12.4 Å². The van der Waals surface area contributed by atoms with Gasteiger partial charge in [-0.3, -0.25) is 4.79 Å². The molecule has 3 amide bonds. The summed E-state index contributed by atoms with van der Waals surface area (Å²) in [6.45, 7) is 2.27. The van der Waals surface area contributed by atoms with Crippen molar-refractivity contribution in [2.75, 3.05) is 11.9 Å². The Labute approximate surface area is 191 Å². The normalized spacial score (nSPS) is 11.8. The number of para-hydroxylation sites is 1. The number of benzene rings is 2. The maximum Gasteiger partial charge on any atom is 0.573 e. The molecule has 0 aliphatic rings. The first-order valence-electron chi connectivity index (χ1n) is 9.91. The molecule has 0 unspecified atom stereocenters. The fourth-order valence-corrected chi connectivity index (χ4v) is 3.89. The summed E-state index contributed by atoms with van der Waals surface area (Å²) >= 11 is 1.23. The lowest BCUT2D eigenvalue weighted by molar-refractivity contribution is -0.274. The monoisotopic (exact) mass is 478 g/mol. The van der Waals surface area contributed by atoms with Gasteiger partial charge in [0.1, 0.15) is 5.75 Å². The lowest BCUT2D eigenvalue weighted by atomic mass is 10.1. The zero-order chi connectivity index (χ0) is 23.8. The van der Waals surface area contributed by atoms with E-state index >= 15 is 0 Å². The molecule has 33 heavy (non-hydrogen) atoms. The van der Waals surface area contributed by atoms with E-state index in [1.807, 2.05) is 6.07 Å². The lowest BCUT2D eigenvalue weighted by Crippen LogP contribution is -2.25. The Bertz CT molecular complexity index is 1160. The molecule has 2 N–H and O–H groups in total. The van der Waals surface area contributed by atoms with E-state index in [2.05, 4.69) is 20.4 Å². The van der Waals surface area contributed by atoms with Crippen LogP contribution in [0.15, 0.2) is 65.0 Å². The van der Waals surface area contributed by atoms with Gasteiger partial charge in [0, 0.05) is 31.1 Å². The SMILES string of the molecule is CC(=O)NCCCn1c(-c2ccc(OC(F)(F)F)cc2)csc1=NC(=O)Nc1ccccc1. The van der Waals surface area contributed by atoms with Crippen LogP contribution in [0.4, 0.5) is 23.7 Å². The summed E-state index contributed by atoms with van der Waals surface area (Å²) < 4.78 is 43.0. The van der Waals surface area contributed by atoms with Gasteiger partial charge in [0.25, 0.3) is 0 Å². The molecule has 0 fully saturated rings. The summed E-state index contributed by atoms with van der Waals surface area (Å²) in [5.41, 5.74) is 1.90. The van der Waals surface area contributed by atoms with E-state index in [4.69, 9.17) is 0 Å². The van der Waals surface area contributed by atoms with Crippen molar-refractivity contribution in [2.24, 2.45) is 4.99 Å². The Morgan fingerprint density at radius 1 is 1.09 bits per heavy atom. The van der Waals surface area contributed by atoms with Crippen molar-refractivity contribution in [3.63, 3.8) is 0 Å². The van der Waals surface area contributed by atoms with Gasteiger partial charge < -0.3 is 19.9 Å². The number of halogens is 3. The van der Waals surface area contributed by atoms with Crippen molar-refractivity contribution < 1.29 is 27.5 Å². The molecule has 0 bridgehead atoms. The van der Waals surface area contributed by atoms with Crippen molar-refractivity contribution in [2.45, 2.75) is 26.3 Å². The molecule has 0 aliphatic heterocycles. The number of thiazole rings is 1. The second-order valence-corrected chi connectivity index (χ2v) is 7.71. The van der Waals surface area contributed by atoms with E-state index in [0.717, 1.165) is 0 Å². The lowest BCUT2D eigenvalue weighted by Gasteiger charge is -2.11. The largest absolute Gasteiger partial charge is 0.573 e. The highest BCUT2D eigenvalue weighted by atomic mass is 32.1. The minimum Gasteiger partial charge on any atom is -0.406 e. The van der Waals surface area contributed by atoms with E-state index in [9.17, 15) is 22.8 Å². The maximum absolute atomic E-state index is 12.4. The van der Waals surface area contributed by atoms with Gasteiger partial charge in [-0.25, -0.2) is 4.79 Å². The standard InChI is InChI=1S/C22H21F3N4O3S/c1-15(30)26-12-5-13-29-19(16-8-10-18(11-9-16)32-22(23,24)25)14-33-21(29)28-20(31)27-17-6-3-2-4-7-17/h2-4,6-11,14H,5,12-13H2,1H3,(H,26,30)(H,27,31). The summed E-state index contributed by atoms with van der Waals surface area (Å²) in [4.78, 5) is 28.1. The Hall–Kier alpha value is -3.60. The van der Waals surface area contributed by atoms with Gasteiger partial charge in [-0.1, -0.05) is 18.2 Å². The van der Waals surface area contributed by atoms with Crippen LogP contribution in [0.3, 0.4) is 0 Å². The molecule has 0 radical (unpaired) electrons. The number of hydrogen-bond acceptors (Lipinski definition) is 4. The fraction of sp³-hybridized carbons (Fsp3) is 0.227. The highest BCUT2D eigenvalue weighted by molar-refractivity contribution is 7.07. The molecule has 174 valence electrons. The van der Waals surface area contributed by atoms with Crippen LogP contribution in [0.2, 0.25) is 0 Å². The number of urea groups is 1. The van der Waals surface area contributed by atoms with Gasteiger partial charge in [-0.05, 0) is 48.4 Å². The summed E-state index contributed by atoms with van der Waals surface area (Å²) in [6.07, 6.45) is -4.21. The average Bonchev–Trinajstić information content (AvgIpc) is 3.13. The van der Waals surface area contributed by atoms with E-state index in [1.54, 1.807) is 34.2 Å². The Morgan fingerprint density at radius 2 is 1.79 bits per heavy atom. The third kappa shape index (κ3) is 7.49. The predicted octanol–water partition coefficient (Wildman–Crippen LogP) is 4.77. The topological polar surface area (TPSA) is 84.7 Å². The number of nitrogens with one attached hydrogen (secondary N) is 2. The van der Waals surface area contributed by atoms with Gasteiger partial charge >= 0.3 is 12.4 Å². The Morgan fingerprint density at radius 3 is 2.42 bits per heavy atom. The van der Waals surface area contributed by atoms with Gasteiger partial charge in [0.2, 0.25) is 5.91 Å². The molecule has 3 aromatic rings. The van der Waals surface area contributed by atoms with Gasteiger partial charge in [0.15, 0.2) is 4.80 Å². The van der Waals surface area contributed by atoms with Crippen LogP contribution in [-0.2, 0) is 11.3 Å². The van der Waals surface area contributed by atoms with Crippen molar-refractivity contribution in [3.05, 3.63) is 64.8 Å². The van der Waals surface area contributed by atoms with Gasteiger partial charge in [0.05, 0.1) is 5.69 Å². The van der Waals surface area contributed by atoms with Gasteiger partial charge in [-0.2, -0.15) is 4.99 Å². The molecule has 3 rings (SSSR count). The van der Waals surface area contributed by atoms with Crippen LogP contribution in [0, 0.1) is 0 Å². The number of carbonyl (C=O) groups excluding carboxylic acids is 2. The number of aromatic nitrogens is 1.